The molecule has 0 spiro atoms. The van der Waals surface area contributed by atoms with Gasteiger partial charge in [0.1, 0.15) is 11.6 Å². The Kier molecular flexibility index (Phi) is 10.5. The second-order valence-corrected chi connectivity index (χ2v) is 19.7. The van der Waals surface area contributed by atoms with Gasteiger partial charge in [-0.05, 0) is 104 Å². The Hall–Kier alpha value is -10.4. The maximum atomic E-state index is 5.45. The predicted molar refractivity (Wildman–Crippen MR) is 322 cm³/mol. The van der Waals surface area contributed by atoms with Crippen molar-refractivity contribution in [3.8, 4) is 56.4 Å². The molecule has 0 radical (unpaired) electrons. The lowest BCUT2D eigenvalue weighted by Crippen LogP contribution is -2.09. The molecule has 0 aliphatic rings. The molecule has 2 aromatic heterocycles. The van der Waals surface area contributed by atoms with Crippen molar-refractivity contribution in [2.24, 2.45) is 0 Å². The van der Waals surface area contributed by atoms with E-state index in [0.717, 1.165) is 106 Å². The smallest absolute Gasteiger partial charge is 0.145 e. The summed E-state index contributed by atoms with van der Waals surface area (Å²) in [6.45, 7) is 0. The van der Waals surface area contributed by atoms with E-state index in [0.29, 0.717) is 0 Å². The van der Waals surface area contributed by atoms with Crippen molar-refractivity contribution in [1.82, 2.24) is 19.1 Å². The molecule has 0 aliphatic heterocycles. The number of para-hydroxylation sites is 3. The highest BCUT2D eigenvalue weighted by Gasteiger charge is 2.23. The zero-order chi connectivity index (χ0) is 50.8. The van der Waals surface area contributed by atoms with Gasteiger partial charge in [0.2, 0.25) is 0 Å². The fraction of sp³-hybridized carbons (Fsp3) is 0. The van der Waals surface area contributed by atoms with Crippen molar-refractivity contribution in [3.05, 3.63) is 285 Å². The highest BCUT2D eigenvalue weighted by atomic mass is 15.1. The Bertz CT molecular complexity index is 4390. The van der Waals surface area contributed by atoms with E-state index in [1.807, 2.05) is 0 Å². The molecule has 5 nitrogen and oxygen atoms in total. The first-order valence-corrected chi connectivity index (χ1v) is 26.2. The van der Waals surface area contributed by atoms with Gasteiger partial charge in [-0.2, -0.15) is 0 Å². The van der Waals surface area contributed by atoms with E-state index in [-0.39, 0.29) is 0 Å². The lowest BCUT2D eigenvalue weighted by atomic mass is 10.00. The summed E-state index contributed by atoms with van der Waals surface area (Å²) in [6, 6.07) is 102. The van der Waals surface area contributed by atoms with Crippen LogP contribution < -0.4 is 4.90 Å². The first kappa shape index (κ1) is 44.2. The molecule has 5 heteroatoms. The van der Waals surface area contributed by atoms with Crippen molar-refractivity contribution in [2.45, 2.75) is 0 Å². The van der Waals surface area contributed by atoms with E-state index in [1.54, 1.807) is 0 Å². The molecule has 0 saturated heterocycles. The van der Waals surface area contributed by atoms with E-state index in [1.165, 1.54) is 32.3 Å². The van der Waals surface area contributed by atoms with Gasteiger partial charge in [0.15, 0.2) is 0 Å². The van der Waals surface area contributed by atoms with Gasteiger partial charge in [-0.15, -0.1) is 0 Å². The molecular weight excluding hydrogens is 935 g/mol. The van der Waals surface area contributed by atoms with Gasteiger partial charge in [-0.1, -0.05) is 224 Å². The molecular formula is C72H47N5. The molecule has 15 rings (SSSR count). The number of aromatic nitrogens is 4. The van der Waals surface area contributed by atoms with Crippen LogP contribution in [0.1, 0.15) is 0 Å². The fourth-order valence-electron chi connectivity index (χ4n) is 11.7. The van der Waals surface area contributed by atoms with Gasteiger partial charge >= 0.3 is 0 Å². The van der Waals surface area contributed by atoms with Crippen molar-refractivity contribution in [1.29, 1.82) is 0 Å². The van der Waals surface area contributed by atoms with Crippen LogP contribution in [-0.2, 0) is 0 Å². The number of anilines is 3. The number of hydrogen-bond donors (Lipinski definition) is 0. The largest absolute Gasteiger partial charge is 0.311 e. The van der Waals surface area contributed by atoms with Crippen LogP contribution in [0.2, 0.25) is 0 Å². The van der Waals surface area contributed by atoms with E-state index < -0.39 is 0 Å². The molecule has 77 heavy (non-hydrogen) atoms. The molecule has 0 fully saturated rings. The van der Waals surface area contributed by atoms with Crippen molar-refractivity contribution in [3.63, 3.8) is 0 Å². The van der Waals surface area contributed by atoms with Crippen LogP contribution in [0.4, 0.5) is 17.1 Å². The van der Waals surface area contributed by atoms with Crippen LogP contribution in [0.5, 0.6) is 0 Å². The minimum atomic E-state index is 0.916. The van der Waals surface area contributed by atoms with Crippen molar-refractivity contribution >= 4 is 82.2 Å². The van der Waals surface area contributed by atoms with Crippen LogP contribution >= 0.6 is 0 Å². The normalized spacial score (nSPS) is 11.6. The molecule has 13 aromatic carbocycles. The summed E-state index contributed by atoms with van der Waals surface area (Å²) in [6.07, 6.45) is 0. The average Bonchev–Trinajstić information content (AvgIpc) is 4.29. The lowest BCUT2D eigenvalue weighted by Gasteiger charge is -2.26. The maximum Gasteiger partial charge on any atom is 0.145 e. The first-order valence-electron chi connectivity index (χ1n) is 26.2. The zero-order valence-corrected chi connectivity index (χ0v) is 41.9. The Morgan fingerprint density at radius 1 is 0.221 bits per heavy atom. The third-order valence-electron chi connectivity index (χ3n) is 15.3. The number of hydrogen-bond acceptors (Lipinski definition) is 3. The molecule has 360 valence electrons. The summed E-state index contributed by atoms with van der Waals surface area (Å²) in [5.41, 5.74) is 16.3. The average molecular weight is 982 g/mol. The molecule has 0 amide bonds. The van der Waals surface area contributed by atoms with Crippen LogP contribution in [0.3, 0.4) is 0 Å². The van der Waals surface area contributed by atoms with Crippen LogP contribution in [0.15, 0.2) is 285 Å². The third kappa shape index (κ3) is 7.39. The van der Waals surface area contributed by atoms with Gasteiger partial charge < -0.3 is 4.90 Å². The Morgan fingerprint density at radius 2 is 0.481 bits per heavy atom. The molecule has 0 unspecified atom stereocenters. The van der Waals surface area contributed by atoms with Crippen molar-refractivity contribution < 1.29 is 0 Å². The minimum absolute atomic E-state index is 0.916. The van der Waals surface area contributed by atoms with Crippen molar-refractivity contribution in [2.75, 3.05) is 4.90 Å². The molecule has 0 saturated carbocycles. The van der Waals surface area contributed by atoms with Gasteiger partial charge in [0.05, 0.1) is 22.1 Å². The maximum absolute atomic E-state index is 5.45. The summed E-state index contributed by atoms with van der Waals surface area (Å²) in [5.74, 6) is 1.83. The highest BCUT2D eigenvalue weighted by molar-refractivity contribution is 6.25. The standard InChI is InChI=1S/C72H47N5/c1-4-18-54(19-5-1)75(57-44-40-50(41-45-57)48-32-36-52(37-33-48)71-73-67-63-28-14-10-24-59(63)61-26-12-16-30-65(61)69(67)76(71)55-20-6-2-7-21-55)58-46-42-51(43-47-58)49-34-38-53(39-35-49)72-74-68-64-29-15-11-25-60(64)62-27-13-17-31-66(62)70(68)77(72)56-22-8-3-9-23-56/h1-47H. The molecule has 2 heterocycles. The minimum Gasteiger partial charge on any atom is -0.311 e. The van der Waals surface area contributed by atoms with E-state index in [4.69, 9.17) is 9.97 Å². The zero-order valence-electron chi connectivity index (χ0n) is 41.9. The highest BCUT2D eigenvalue weighted by Crippen LogP contribution is 2.43. The van der Waals surface area contributed by atoms with Gasteiger partial charge in [-0.25, -0.2) is 9.97 Å². The van der Waals surface area contributed by atoms with E-state index in [2.05, 4.69) is 299 Å². The van der Waals surface area contributed by atoms with Gasteiger partial charge in [-0.3, -0.25) is 9.13 Å². The number of imidazole rings is 2. The quantitative estimate of drug-likeness (QED) is 0.135. The Morgan fingerprint density at radius 3 is 0.844 bits per heavy atom. The Balaban J connectivity index is 0.746. The van der Waals surface area contributed by atoms with Gasteiger partial charge in [0, 0.05) is 61.1 Å². The summed E-state index contributed by atoms with van der Waals surface area (Å²) < 4.78 is 4.67. The SMILES string of the molecule is c1ccc(N(c2ccc(-c3ccc(-c4nc5c6ccccc6c6ccccc6c5n4-c4ccccc4)cc3)cc2)c2ccc(-c3ccc(-c4nc5c6ccccc6c6ccccc6c5n4-c4ccccc4)cc3)cc2)cc1. The second kappa shape index (κ2) is 18.2. The summed E-state index contributed by atoms with van der Waals surface area (Å²) in [5, 5.41) is 9.56. The van der Waals surface area contributed by atoms with E-state index >= 15 is 0 Å². The number of benzene rings is 13. The van der Waals surface area contributed by atoms with Crippen LogP contribution in [0.25, 0.3) is 122 Å². The molecule has 0 N–H and O–H groups in total. The van der Waals surface area contributed by atoms with Gasteiger partial charge in [0.25, 0.3) is 0 Å². The van der Waals surface area contributed by atoms with Crippen LogP contribution in [-0.4, -0.2) is 19.1 Å². The molecule has 0 aliphatic carbocycles. The number of rotatable bonds is 9. The predicted octanol–water partition coefficient (Wildman–Crippen LogP) is 19.1. The van der Waals surface area contributed by atoms with Crippen LogP contribution in [0, 0.1) is 0 Å². The fourth-order valence-corrected chi connectivity index (χ4v) is 11.7. The first-order chi connectivity index (χ1) is 38.2. The molecule has 0 bridgehead atoms. The summed E-state index contributed by atoms with van der Waals surface area (Å²) in [7, 11) is 0. The topological polar surface area (TPSA) is 38.9 Å². The second-order valence-electron chi connectivity index (χ2n) is 19.7. The molecule has 15 aromatic rings. The number of fused-ring (bicyclic) bond motifs is 12. The summed E-state index contributed by atoms with van der Waals surface area (Å²) in [4.78, 5) is 13.2. The number of nitrogens with zero attached hydrogens (tertiary/aromatic N) is 5. The third-order valence-corrected chi connectivity index (χ3v) is 15.3. The Labute approximate surface area is 445 Å². The summed E-state index contributed by atoms with van der Waals surface area (Å²) >= 11 is 0. The monoisotopic (exact) mass is 981 g/mol. The lowest BCUT2D eigenvalue weighted by molar-refractivity contribution is 1.11. The molecule has 0 atom stereocenters. The van der Waals surface area contributed by atoms with E-state index in [9.17, 15) is 0 Å².